The van der Waals surface area contributed by atoms with Gasteiger partial charge in [0.05, 0.1) is 5.69 Å². The molecular formula is C41H39IrN3-2. The van der Waals surface area contributed by atoms with Crippen molar-refractivity contribution in [1.82, 2.24) is 15.0 Å². The van der Waals surface area contributed by atoms with Gasteiger partial charge in [-0.2, -0.15) is 18.6 Å². The second kappa shape index (κ2) is 15.1. The van der Waals surface area contributed by atoms with Crippen LogP contribution < -0.4 is 0 Å². The minimum atomic E-state index is -2.28. The number of hydrogen-bond acceptors (Lipinski definition) is 3. The first-order chi connectivity index (χ1) is 24.4. The van der Waals surface area contributed by atoms with Gasteiger partial charge < -0.3 is 4.98 Å². The van der Waals surface area contributed by atoms with E-state index in [1.165, 1.54) is 12.3 Å². The second-order valence-electron chi connectivity index (χ2n) is 11.4. The van der Waals surface area contributed by atoms with Crippen LogP contribution in [0.5, 0.6) is 0 Å². The number of pyridine rings is 3. The van der Waals surface area contributed by atoms with Gasteiger partial charge in [-0.1, -0.05) is 81.7 Å². The molecule has 0 amide bonds. The Kier molecular flexibility index (Phi) is 8.02. The van der Waals surface area contributed by atoms with Gasteiger partial charge in [-0.05, 0) is 70.4 Å². The number of hydrogen-bond donors (Lipinski definition) is 0. The Morgan fingerprint density at radius 1 is 0.733 bits per heavy atom. The van der Waals surface area contributed by atoms with E-state index >= 15 is 0 Å². The van der Waals surface area contributed by atoms with E-state index in [1.54, 1.807) is 30.6 Å². The molecule has 1 radical (unpaired) electrons. The van der Waals surface area contributed by atoms with Gasteiger partial charge in [0, 0.05) is 55.4 Å². The van der Waals surface area contributed by atoms with Crippen molar-refractivity contribution in [3.63, 3.8) is 0 Å². The molecular weight excluding hydrogens is 727 g/mol. The summed E-state index contributed by atoms with van der Waals surface area (Å²) in [6.45, 7) is 5.16. The van der Waals surface area contributed by atoms with Crippen LogP contribution in [0, 0.1) is 32.1 Å². The Morgan fingerprint density at radius 2 is 1.51 bits per heavy atom. The SMILES string of the molecule is [2H]C([2H])([2H])c1ccc(-c2cc(-c3ccccc3)c(C([2H])([2H])[2H])cc2[CH2-])nc1.[2H]C([2H])(c1ccc(-c2ccnc(-c3[c-]cccc3)c2)nc1)C(C)(C)C.[Ir]. The minimum Gasteiger partial charge on any atom is -0.305 e. The monoisotopic (exact) mass is 774 g/mol. The normalized spacial score (nSPS) is 14.3. The number of aryl methyl sites for hydroxylation is 2. The molecule has 45 heavy (non-hydrogen) atoms. The van der Waals surface area contributed by atoms with E-state index < -0.39 is 25.5 Å². The molecule has 0 N–H and O–H groups in total. The van der Waals surface area contributed by atoms with E-state index in [2.05, 4.69) is 27.9 Å². The van der Waals surface area contributed by atoms with E-state index in [9.17, 15) is 0 Å². The van der Waals surface area contributed by atoms with Gasteiger partial charge in [-0.25, -0.2) is 0 Å². The molecule has 0 saturated carbocycles. The quantitative estimate of drug-likeness (QED) is 0.164. The average Bonchev–Trinajstić information content (AvgIpc) is 3.11. The third-order valence-corrected chi connectivity index (χ3v) is 6.69. The first kappa shape index (κ1) is 23.9. The van der Waals surface area contributed by atoms with Gasteiger partial charge in [-0.15, -0.1) is 47.5 Å². The van der Waals surface area contributed by atoms with E-state index in [1.807, 2.05) is 99.6 Å². The van der Waals surface area contributed by atoms with Crippen LogP contribution in [0.1, 0.15) is 54.0 Å². The zero-order valence-electron chi connectivity index (χ0n) is 33.4. The van der Waals surface area contributed by atoms with E-state index in [0.717, 1.165) is 28.1 Å². The molecule has 3 heterocycles. The molecule has 0 aliphatic carbocycles. The van der Waals surface area contributed by atoms with Gasteiger partial charge in [-0.3, -0.25) is 9.97 Å². The number of benzene rings is 3. The number of nitrogens with zero attached hydrogens (tertiary/aromatic N) is 3. The summed E-state index contributed by atoms with van der Waals surface area (Å²) >= 11 is 0. The van der Waals surface area contributed by atoms with E-state index in [4.69, 9.17) is 11.0 Å². The molecule has 0 spiro atoms. The van der Waals surface area contributed by atoms with Gasteiger partial charge >= 0.3 is 0 Å². The maximum atomic E-state index is 8.35. The van der Waals surface area contributed by atoms with Crippen LogP contribution in [0.25, 0.3) is 44.9 Å². The fourth-order valence-corrected chi connectivity index (χ4v) is 4.65. The molecule has 229 valence electrons. The molecule has 4 heteroatoms. The summed E-state index contributed by atoms with van der Waals surface area (Å²) in [4.78, 5) is 13.2. The van der Waals surface area contributed by atoms with Crippen LogP contribution in [0.4, 0.5) is 0 Å². The first-order valence-corrected chi connectivity index (χ1v) is 14.3. The smallest absolute Gasteiger partial charge is 0.0695 e. The topological polar surface area (TPSA) is 38.7 Å². The largest absolute Gasteiger partial charge is 0.305 e. The second-order valence-corrected chi connectivity index (χ2v) is 11.4. The van der Waals surface area contributed by atoms with Gasteiger partial charge in [0.25, 0.3) is 0 Å². The van der Waals surface area contributed by atoms with Gasteiger partial charge in [0.2, 0.25) is 0 Å². The fraction of sp³-hybridized carbons (Fsp3) is 0.171. The molecule has 0 bridgehead atoms. The maximum absolute atomic E-state index is 8.35. The molecule has 0 saturated heterocycles. The Labute approximate surface area is 293 Å². The van der Waals surface area contributed by atoms with Crippen LogP contribution in [0.15, 0.2) is 122 Å². The standard InChI is InChI=1S/C21H21N2.C20H18N.Ir/c1-21(2,3)14-16-9-10-19(23-15-16)18-11-12-22-20(13-18)17-7-5-4-6-8-17;1-14-9-10-20(21-13-14)19-12-18(15(2)11-16(19)3)17-7-5-4-6-8-17;/h4-7,9-13,15H,14H2,1-3H3;4-13H,3H2,1-2H3;/q2*-1;/i14D2;1D3,2D3;. The van der Waals surface area contributed by atoms with Crippen molar-refractivity contribution in [3.8, 4) is 44.9 Å². The van der Waals surface area contributed by atoms with E-state index in [0.29, 0.717) is 27.9 Å². The van der Waals surface area contributed by atoms with Crippen molar-refractivity contribution in [3.05, 3.63) is 157 Å². The van der Waals surface area contributed by atoms with Crippen molar-refractivity contribution < 1.29 is 31.1 Å². The fourth-order valence-electron chi connectivity index (χ4n) is 4.65. The summed E-state index contributed by atoms with van der Waals surface area (Å²) in [6, 6.07) is 34.2. The van der Waals surface area contributed by atoms with Crippen LogP contribution in [0.3, 0.4) is 0 Å². The predicted octanol–water partition coefficient (Wildman–Crippen LogP) is 10.4. The summed E-state index contributed by atoms with van der Waals surface area (Å²) in [7, 11) is 0. The molecule has 3 aromatic heterocycles. The molecule has 3 nitrogen and oxygen atoms in total. The molecule has 3 aromatic carbocycles. The number of aromatic nitrogens is 3. The Morgan fingerprint density at radius 3 is 2.16 bits per heavy atom. The first-order valence-electron chi connectivity index (χ1n) is 18.3. The Balaban J connectivity index is 0.000000233. The summed E-state index contributed by atoms with van der Waals surface area (Å²) in [5.74, 6) is 0. The average molecular weight is 774 g/mol. The van der Waals surface area contributed by atoms with Crippen LogP contribution in [0.2, 0.25) is 0 Å². The van der Waals surface area contributed by atoms with Gasteiger partial charge in [0.1, 0.15) is 0 Å². The van der Waals surface area contributed by atoms with Crippen LogP contribution in [-0.2, 0) is 26.5 Å². The predicted molar refractivity (Wildman–Crippen MR) is 184 cm³/mol. The third kappa shape index (κ3) is 9.08. The molecule has 6 aromatic rings. The Bertz CT molecular complexity index is 2110. The molecule has 0 fully saturated rings. The molecule has 0 unspecified atom stereocenters. The van der Waals surface area contributed by atoms with Crippen molar-refractivity contribution in [2.75, 3.05) is 0 Å². The Hall–Kier alpha value is -4.37. The van der Waals surface area contributed by atoms with Crippen molar-refractivity contribution >= 4 is 0 Å². The van der Waals surface area contributed by atoms with Crippen molar-refractivity contribution in [2.45, 2.75) is 40.8 Å². The molecule has 0 aliphatic rings. The van der Waals surface area contributed by atoms with Crippen LogP contribution in [-0.4, -0.2) is 15.0 Å². The van der Waals surface area contributed by atoms with Crippen molar-refractivity contribution in [1.29, 1.82) is 0 Å². The van der Waals surface area contributed by atoms with Crippen molar-refractivity contribution in [2.24, 2.45) is 5.41 Å². The molecule has 0 atom stereocenters. The summed E-state index contributed by atoms with van der Waals surface area (Å²) in [5.41, 5.74) is 7.09. The van der Waals surface area contributed by atoms with E-state index in [-0.39, 0.29) is 31.2 Å². The zero-order chi connectivity index (χ0) is 37.9. The summed E-state index contributed by atoms with van der Waals surface area (Å²) < 4.78 is 62.6. The maximum Gasteiger partial charge on any atom is 0.0695 e. The summed E-state index contributed by atoms with van der Waals surface area (Å²) in [5, 5.41) is 0. The third-order valence-electron chi connectivity index (χ3n) is 6.69. The molecule has 6 rings (SSSR count). The van der Waals surface area contributed by atoms with Gasteiger partial charge in [0.15, 0.2) is 0 Å². The number of rotatable bonds is 5. The minimum absolute atomic E-state index is 0. The van der Waals surface area contributed by atoms with Crippen LogP contribution >= 0.6 is 0 Å². The summed E-state index contributed by atoms with van der Waals surface area (Å²) in [6.07, 6.45) is 3.27. The molecule has 0 aliphatic heterocycles. The zero-order valence-corrected chi connectivity index (χ0v) is 27.8.